The Labute approximate surface area is 167 Å². The smallest absolute Gasteiger partial charge is 0.342 e. The molecule has 0 bridgehead atoms. The number of rotatable bonds is 6. The monoisotopic (exact) mass is 482 g/mol. The van der Waals surface area contributed by atoms with E-state index in [0.29, 0.717) is 22.2 Å². The quantitative estimate of drug-likeness (QED) is 0.308. The van der Waals surface area contributed by atoms with Crippen LogP contribution in [0.5, 0.6) is 11.5 Å². The fourth-order valence-electron chi connectivity index (χ4n) is 2.39. The highest BCUT2D eigenvalue weighted by Crippen LogP contribution is 2.35. The predicted octanol–water partition coefficient (Wildman–Crippen LogP) is 4.40. The molecule has 0 spiro atoms. The van der Waals surface area contributed by atoms with Gasteiger partial charge in [-0.1, -0.05) is 12.1 Å². The summed E-state index contributed by atoms with van der Waals surface area (Å²) in [5, 5.41) is 10.1. The van der Waals surface area contributed by atoms with E-state index in [1.807, 2.05) is 30.3 Å². The van der Waals surface area contributed by atoms with Crippen molar-refractivity contribution in [2.75, 3.05) is 14.2 Å². The summed E-state index contributed by atoms with van der Waals surface area (Å²) < 4.78 is 11.5. The van der Waals surface area contributed by atoms with E-state index in [4.69, 9.17) is 9.47 Å². The maximum absolute atomic E-state index is 11.7. The lowest BCUT2D eigenvalue weighted by Gasteiger charge is -2.11. The van der Waals surface area contributed by atoms with Gasteiger partial charge in [0, 0.05) is 0 Å². The molecule has 134 valence electrons. The minimum absolute atomic E-state index is 0.145. The molecule has 0 saturated heterocycles. The van der Waals surface area contributed by atoms with Gasteiger partial charge in [-0.15, -0.1) is 0 Å². The Morgan fingerprint density at radius 1 is 1.27 bits per heavy atom. The van der Waals surface area contributed by atoms with Crippen LogP contribution >= 0.6 is 34.4 Å². The van der Waals surface area contributed by atoms with Crippen molar-refractivity contribution in [3.05, 3.63) is 50.4 Å². The summed E-state index contributed by atoms with van der Waals surface area (Å²) in [6, 6.07) is 11.1. The summed E-state index contributed by atoms with van der Waals surface area (Å²) in [6.45, 7) is 0. The van der Waals surface area contributed by atoms with Crippen LogP contribution in [0.4, 0.5) is 0 Å². The number of carboxylic acids is 1. The number of carbonyl (C=O) groups is 1. The van der Waals surface area contributed by atoms with Crippen LogP contribution < -0.4 is 9.47 Å². The summed E-state index contributed by atoms with van der Waals surface area (Å²) >= 11 is 3.19. The van der Waals surface area contributed by atoms with Crippen molar-refractivity contribution >= 4 is 57.4 Å². The van der Waals surface area contributed by atoms with E-state index in [2.05, 4.69) is 32.6 Å². The topological polar surface area (TPSA) is 84.4 Å². The fourth-order valence-corrected chi connectivity index (χ4v) is 4.03. The van der Waals surface area contributed by atoms with Crippen molar-refractivity contribution in [3.8, 4) is 11.5 Å². The fraction of sp³-hybridized carbons (Fsp3) is 0.111. The number of carboxylic acid groups (broad SMARTS) is 1. The number of hydrogen-bond donors (Lipinski definition) is 2. The molecule has 3 aromatic rings. The van der Waals surface area contributed by atoms with E-state index in [1.165, 1.54) is 0 Å². The molecule has 1 aromatic heterocycles. The molecule has 2 N–H and O–H groups in total. The van der Waals surface area contributed by atoms with Gasteiger partial charge in [-0.25, -0.2) is 9.78 Å². The molecule has 0 fully saturated rings. The van der Waals surface area contributed by atoms with Crippen molar-refractivity contribution in [2.45, 2.75) is 5.16 Å². The number of fused-ring (bicyclic) bond motifs is 1. The van der Waals surface area contributed by atoms with Crippen molar-refractivity contribution in [2.24, 2.45) is 0 Å². The molecular formula is C18H15IN2O4S. The zero-order valence-corrected chi connectivity index (χ0v) is 16.9. The van der Waals surface area contributed by atoms with Crippen LogP contribution in [-0.2, 0) is 4.79 Å². The van der Waals surface area contributed by atoms with Crippen LogP contribution in [0.15, 0.2) is 46.5 Å². The molecule has 1 heterocycles. The third kappa shape index (κ3) is 3.96. The van der Waals surface area contributed by atoms with Crippen LogP contribution in [0.1, 0.15) is 5.56 Å². The predicted molar refractivity (Wildman–Crippen MR) is 110 cm³/mol. The summed E-state index contributed by atoms with van der Waals surface area (Å²) in [5.74, 6) is 0.136. The molecule has 8 heteroatoms. The number of benzene rings is 2. The molecule has 26 heavy (non-hydrogen) atoms. The number of nitrogens with one attached hydrogen (secondary N) is 1. The van der Waals surface area contributed by atoms with Crippen molar-refractivity contribution < 1.29 is 19.4 Å². The number of aliphatic carboxylic acids is 1. The van der Waals surface area contributed by atoms with Crippen molar-refractivity contribution in [3.63, 3.8) is 0 Å². The number of hydrogen-bond acceptors (Lipinski definition) is 5. The van der Waals surface area contributed by atoms with Crippen LogP contribution in [0.2, 0.25) is 0 Å². The van der Waals surface area contributed by atoms with Gasteiger partial charge in [-0.3, -0.25) is 0 Å². The zero-order valence-electron chi connectivity index (χ0n) is 13.9. The number of thioether (sulfide) groups is 1. The molecule has 0 unspecified atom stereocenters. The SMILES string of the molecule is COc1cc(/C=C(\Sc2nc3ccccc3[nH]2)C(=O)O)cc(I)c1OC. The van der Waals surface area contributed by atoms with E-state index in [1.54, 1.807) is 26.4 Å². The molecule has 0 saturated carbocycles. The van der Waals surface area contributed by atoms with Crippen LogP contribution in [0.25, 0.3) is 17.1 Å². The normalized spacial score (nSPS) is 11.6. The molecule has 0 radical (unpaired) electrons. The number of imidazole rings is 1. The first-order chi connectivity index (χ1) is 12.5. The van der Waals surface area contributed by atoms with Gasteiger partial charge in [0.15, 0.2) is 16.7 Å². The number of H-pyrrole nitrogens is 1. The molecule has 0 aliphatic rings. The van der Waals surface area contributed by atoms with E-state index < -0.39 is 5.97 Å². The second-order valence-corrected chi connectivity index (χ2v) is 7.41. The minimum Gasteiger partial charge on any atom is -0.493 e. The number of aromatic nitrogens is 2. The highest BCUT2D eigenvalue weighted by atomic mass is 127. The maximum Gasteiger partial charge on any atom is 0.342 e. The molecular weight excluding hydrogens is 467 g/mol. The number of halogens is 1. The maximum atomic E-state index is 11.7. The summed E-state index contributed by atoms with van der Waals surface area (Å²) in [5.41, 5.74) is 2.36. The molecule has 0 amide bonds. The second-order valence-electron chi connectivity index (χ2n) is 5.21. The first kappa shape index (κ1) is 18.6. The van der Waals surface area contributed by atoms with Crippen LogP contribution in [-0.4, -0.2) is 35.3 Å². The van der Waals surface area contributed by atoms with Crippen LogP contribution in [0.3, 0.4) is 0 Å². The Hall–Kier alpha value is -2.20. The first-order valence-corrected chi connectivity index (χ1v) is 9.40. The van der Waals surface area contributed by atoms with E-state index in [0.717, 1.165) is 26.4 Å². The van der Waals surface area contributed by atoms with Gasteiger partial charge in [0.05, 0.1) is 28.8 Å². The summed E-state index contributed by atoms with van der Waals surface area (Å²) in [4.78, 5) is 19.4. The minimum atomic E-state index is -1.03. The summed E-state index contributed by atoms with van der Waals surface area (Å²) in [7, 11) is 3.11. The lowest BCUT2D eigenvalue weighted by Crippen LogP contribution is -1.98. The Balaban J connectivity index is 1.97. The van der Waals surface area contributed by atoms with E-state index in [-0.39, 0.29) is 4.91 Å². The average Bonchev–Trinajstić information content (AvgIpc) is 3.03. The number of methoxy groups -OCH3 is 2. The average molecular weight is 482 g/mol. The number of para-hydroxylation sites is 2. The van der Waals surface area contributed by atoms with Crippen LogP contribution in [0, 0.1) is 3.57 Å². The van der Waals surface area contributed by atoms with Gasteiger partial charge in [0.25, 0.3) is 0 Å². The summed E-state index contributed by atoms with van der Waals surface area (Å²) in [6.07, 6.45) is 1.59. The zero-order chi connectivity index (χ0) is 18.7. The molecule has 0 aliphatic carbocycles. The first-order valence-electron chi connectivity index (χ1n) is 7.51. The van der Waals surface area contributed by atoms with E-state index >= 15 is 0 Å². The highest BCUT2D eigenvalue weighted by molar-refractivity contribution is 14.1. The molecule has 3 rings (SSSR count). The third-order valence-corrected chi connectivity index (χ3v) is 5.24. The second kappa shape index (κ2) is 8.00. The lowest BCUT2D eigenvalue weighted by atomic mass is 10.2. The van der Waals surface area contributed by atoms with Crippen molar-refractivity contribution in [1.82, 2.24) is 9.97 Å². The number of nitrogens with zero attached hydrogens (tertiary/aromatic N) is 1. The van der Waals surface area contributed by atoms with Crippen molar-refractivity contribution in [1.29, 1.82) is 0 Å². The van der Waals surface area contributed by atoms with Gasteiger partial charge in [-0.2, -0.15) is 0 Å². The van der Waals surface area contributed by atoms with Gasteiger partial charge < -0.3 is 19.6 Å². The Bertz CT molecular complexity index is 967. The molecule has 2 aromatic carbocycles. The Morgan fingerprint density at radius 2 is 2.04 bits per heavy atom. The number of aromatic amines is 1. The third-order valence-electron chi connectivity index (χ3n) is 3.54. The lowest BCUT2D eigenvalue weighted by molar-refractivity contribution is -0.131. The number of ether oxygens (including phenoxy) is 2. The largest absolute Gasteiger partial charge is 0.493 e. The molecule has 6 nitrogen and oxygen atoms in total. The highest BCUT2D eigenvalue weighted by Gasteiger charge is 2.15. The van der Waals surface area contributed by atoms with Gasteiger partial charge in [-0.05, 0) is 70.3 Å². The Kier molecular flexibility index (Phi) is 5.72. The van der Waals surface area contributed by atoms with E-state index in [9.17, 15) is 9.90 Å². The van der Waals surface area contributed by atoms with Gasteiger partial charge in [0.2, 0.25) is 0 Å². The molecule has 0 atom stereocenters. The van der Waals surface area contributed by atoms with Gasteiger partial charge >= 0.3 is 5.97 Å². The standard InChI is InChI=1S/C18H15IN2O4S/c1-24-14-8-10(7-11(19)16(14)25-2)9-15(17(22)23)26-18-20-12-5-3-4-6-13(12)21-18/h3-9H,1-2H3,(H,20,21)(H,22,23)/b15-9-. The Morgan fingerprint density at radius 3 is 2.69 bits per heavy atom. The molecule has 0 aliphatic heterocycles. The van der Waals surface area contributed by atoms with Gasteiger partial charge in [0.1, 0.15) is 4.91 Å².